The Morgan fingerprint density at radius 1 is 1.28 bits per heavy atom. The molecule has 0 spiro atoms. The predicted molar refractivity (Wildman–Crippen MR) is 101 cm³/mol. The van der Waals surface area contributed by atoms with Gasteiger partial charge in [0.25, 0.3) is 0 Å². The minimum Gasteiger partial charge on any atom is -0.496 e. The van der Waals surface area contributed by atoms with Gasteiger partial charge in [-0.15, -0.1) is 0 Å². The molecule has 0 bridgehead atoms. The van der Waals surface area contributed by atoms with Crippen LogP contribution in [0, 0.1) is 6.92 Å². The third-order valence-electron chi connectivity index (χ3n) is 4.65. The Hall–Kier alpha value is -1.41. The molecule has 1 fully saturated rings. The molecule has 1 aromatic heterocycles. The lowest BCUT2D eigenvalue weighted by Crippen LogP contribution is -2.36. The molecule has 0 radical (unpaired) electrons. The minimum absolute atomic E-state index is 0.0860. The molecule has 25 heavy (non-hydrogen) atoms. The zero-order valence-electron chi connectivity index (χ0n) is 14.6. The van der Waals surface area contributed by atoms with Gasteiger partial charge in [-0.2, -0.15) is 11.3 Å². The SMILES string of the molecule is COc1ccc(S(=O)(=O)NCC(c2ccsc2)N2CCCC2)cc1C. The van der Waals surface area contributed by atoms with Gasteiger partial charge in [0.15, 0.2) is 0 Å². The summed E-state index contributed by atoms with van der Waals surface area (Å²) in [6, 6.07) is 7.10. The molecule has 1 aliphatic rings. The topological polar surface area (TPSA) is 58.6 Å². The predicted octanol–water partition coefficient (Wildman–Crippen LogP) is 3.18. The highest BCUT2D eigenvalue weighted by atomic mass is 32.2. The number of methoxy groups -OCH3 is 1. The Morgan fingerprint density at radius 3 is 2.64 bits per heavy atom. The summed E-state index contributed by atoms with van der Waals surface area (Å²) in [4.78, 5) is 2.64. The molecular weight excluding hydrogens is 356 g/mol. The fourth-order valence-corrected chi connectivity index (χ4v) is 5.10. The third kappa shape index (κ3) is 4.23. The Kier molecular flexibility index (Phi) is 5.78. The van der Waals surface area contributed by atoms with Crippen molar-refractivity contribution in [2.75, 3.05) is 26.7 Å². The number of hydrogen-bond donors (Lipinski definition) is 1. The quantitative estimate of drug-likeness (QED) is 0.801. The van der Waals surface area contributed by atoms with Crippen molar-refractivity contribution in [3.8, 4) is 5.75 Å². The van der Waals surface area contributed by atoms with Crippen LogP contribution in [-0.4, -0.2) is 40.1 Å². The van der Waals surface area contributed by atoms with Crippen LogP contribution in [0.3, 0.4) is 0 Å². The van der Waals surface area contributed by atoms with Crippen molar-refractivity contribution in [2.45, 2.75) is 30.7 Å². The average molecular weight is 381 g/mol. The minimum atomic E-state index is -3.55. The molecule has 7 heteroatoms. The smallest absolute Gasteiger partial charge is 0.240 e. The molecule has 1 saturated heterocycles. The molecule has 3 rings (SSSR count). The van der Waals surface area contributed by atoms with Crippen LogP contribution in [0.25, 0.3) is 0 Å². The Morgan fingerprint density at radius 2 is 2.04 bits per heavy atom. The van der Waals surface area contributed by atoms with Gasteiger partial charge < -0.3 is 4.74 Å². The van der Waals surface area contributed by atoms with E-state index >= 15 is 0 Å². The second kappa shape index (κ2) is 7.86. The van der Waals surface area contributed by atoms with Crippen LogP contribution in [-0.2, 0) is 10.0 Å². The van der Waals surface area contributed by atoms with Gasteiger partial charge >= 0.3 is 0 Å². The summed E-state index contributed by atoms with van der Waals surface area (Å²) in [6.45, 7) is 4.26. The van der Waals surface area contributed by atoms with Gasteiger partial charge in [0.2, 0.25) is 10.0 Å². The zero-order chi connectivity index (χ0) is 17.9. The van der Waals surface area contributed by atoms with E-state index < -0.39 is 10.0 Å². The number of sulfonamides is 1. The molecule has 0 aliphatic carbocycles. The lowest BCUT2D eigenvalue weighted by atomic mass is 10.1. The molecule has 1 aromatic carbocycles. The van der Waals surface area contributed by atoms with Crippen LogP contribution >= 0.6 is 11.3 Å². The highest BCUT2D eigenvalue weighted by molar-refractivity contribution is 7.89. The monoisotopic (exact) mass is 380 g/mol. The number of nitrogens with one attached hydrogen (secondary N) is 1. The largest absolute Gasteiger partial charge is 0.496 e. The summed E-state index contributed by atoms with van der Waals surface area (Å²) in [5.41, 5.74) is 1.99. The third-order valence-corrected chi connectivity index (χ3v) is 6.78. The number of nitrogens with zero attached hydrogens (tertiary/aromatic N) is 1. The van der Waals surface area contributed by atoms with Gasteiger partial charge in [-0.3, -0.25) is 4.90 Å². The van der Waals surface area contributed by atoms with Crippen LogP contribution in [0.1, 0.15) is 30.0 Å². The van der Waals surface area contributed by atoms with Crippen LogP contribution in [0.2, 0.25) is 0 Å². The number of hydrogen-bond acceptors (Lipinski definition) is 5. The Balaban J connectivity index is 1.76. The lowest BCUT2D eigenvalue weighted by Gasteiger charge is -2.27. The molecule has 1 atom stereocenters. The molecule has 1 unspecified atom stereocenters. The maximum absolute atomic E-state index is 12.7. The van der Waals surface area contributed by atoms with Gasteiger partial charge in [-0.1, -0.05) is 0 Å². The number of benzene rings is 1. The van der Waals surface area contributed by atoms with Gasteiger partial charge in [0.1, 0.15) is 5.75 Å². The summed E-state index contributed by atoms with van der Waals surface area (Å²) in [7, 11) is -1.97. The maximum atomic E-state index is 12.7. The van der Waals surface area contributed by atoms with Crippen molar-refractivity contribution in [3.05, 3.63) is 46.2 Å². The second-order valence-corrected chi connectivity index (χ2v) is 8.85. The summed E-state index contributed by atoms with van der Waals surface area (Å²) < 4.78 is 33.4. The first-order chi connectivity index (χ1) is 12.0. The van der Waals surface area contributed by atoms with E-state index in [2.05, 4.69) is 21.1 Å². The molecule has 5 nitrogen and oxygen atoms in total. The summed E-state index contributed by atoms with van der Waals surface area (Å²) in [5, 5.41) is 4.15. The van der Waals surface area contributed by atoms with Crippen molar-refractivity contribution < 1.29 is 13.2 Å². The summed E-state index contributed by atoms with van der Waals surface area (Å²) in [5.74, 6) is 0.687. The highest BCUT2D eigenvalue weighted by Crippen LogP contribution is 2.27. The average Bonchev–Trinajstić information content (AvgIpc) is 3.29. The molecule has 2 heterocycles. The lowest BCUT2D eigenvalue weighted by molar-refractivity contribution is 0.247. The van der Waals surface area contributed by atoms with E-state index in [9.17, 15) is 8.42 Å². The zero-order valence-corrected chi connectivity index (χ0v) is 16.2. The molecule has 2 aromatic rings. The molecule has 1 aliphatic heterocycles. The van der Waals surface area contributed by atoms with Crippen molar-refractivity contribution in [1.82, 2.24) is 9.62 Å². The van der Waals surface area contributed by atoms with E-state index in [0.717, 1.165) is 18.7 Å². The number of ether oxygens (including phenoxy) is 1. The van der Waals surface area contributed by atoms with E-state index in [-0.39, 0.29) is 10.9 Å². The van der Waals surface area contributed by atoms with Crippen LogP contribution in [0.4, 0.5) is 0 Å². The standard InChI is InChI=1S/C18H24N2O3S2/c1-14-11-16(5-6-18(14)23-2)25(21,22)19-12-17(15-7-10-24-13-15)20-8-3-4-9-20/h5-7,10-11,13,17,19H,3-4,8-9,12H2,1-2H3. The van der Waals surface area contributed by atoms with E-state index in [1.807, 2.05) is 12.3 Å². The Bertz CT molecular complexity index is 798. The maximum Gasteiger partial charge on any atom is 0.240 e. The first-order valence-corrected chi connectivity index (χ1v) is 10.8. The molecule has 1 N–H and O–H groups in total. The van der Waals surface area contributed by atoms with Crippen molar-refractivity contribution >= 4 is 21.4 Å². The van der Waals surface area contributed by atoms with Crippen LogP contribution < -0.4 is 9.46 Å². The number of aryl methyl sites for hydroxylation is 1. The van der Waals surface area contributed by atoms with Crippen molar-refractivity contribution in [2.24, 2.45) is 0 Å². The number of thiophene rings is 1. The normalized spacial score (nSPS) is 16.9. The van der Waals surface area contributed by atoms with E-state index in [1.54, 1.807) is 36.6 Å². The van der Waals surface area contributed by atoms with Gasteiger partial charge in [0, 0.05) is 12.6 Å². The Labute approximate surface area is 153 Å². The van der Waals surface area contributed by atoms with Gasteiger partial charge in [-0.25, -0.2) is 13.1 Å². The van der Waals surface area contributed by atoms with Crippen LogP contribution in [0.5, 0.6) is 5.75 Å². The molecular formula is C18H24N2O3S2. The van der Waals surface area contributed by atoms with E-state index in [4.69, 9.17) is 4.74 Å². The summed E-state index contributed by atoms with van der Waals surface area (Å²) in [6.07, 6.45) is 2.34. The fourth-order valence-electron chi connectivity index (χ4n) is 3.27. The summed E-state index contributed by atoms with van der Waals surface area (Å²) >= 11 is 1.64. The number of rotatable bonds is 7. The van der Waals surface area contributed by atoms with Gasteiger partial charge in [-0.05, 0) is 79.0 Å². The van der Waals surface area contributed by atoms with Crippen molar-refractivity contribution in [1.29, 1.82) is 0 Å². The first-order valence-electron chi connectivity index (χ1n) is 8.42. The highest BCUT2D eigenvalue weighted by Gasteiger charge is 2.26. The van der Waals surface area contributed by atoms with E-state index in [1.165, 1.54) is 18.4 Å². The number of likely N-dealkylation sites (tertiary alicyclic amines) is 1. The molecule has 0 amide bonds. The van der Waals surface area contributed by atoms with Crippen molar-refractivity contribution in [3.63, 3.8) is 0 Å². The first kappa shape index (κ1) is 18.4. The molecule has 0 saturated carbocycles. The van der Waals surface area contributed by atoms with Crippen LogP contribution in [0.15, 0.2) is 39.9 Å². The second-order valence-electron chi connectivity index (χ2n) is 6.30. The fraction of sp³-hybridized carbons (Fsp3) is 0.444. The van der Waals surface area contributed by atoms with Gasteiger partial charge in [0.05, 0.1) is 12.0 Å². The van der Waals surface area contributed by atoms with E-state index in [0.29, 0.717) is 12.3 Å². The molecule has 136 valence electrons.